The standard InChI is InChI=1S/C20H14ClN3O2/c21-16-6-4-14(5-7-16)13-26-19-9-8-17(11-15(19)12-22)24-20(25)18-3-1-2-10-23-18/h1-11H,13H2,(H,24,25). The third-order valence-corrected chi connectivity index (χ3v) is 3.81. The molecule has 3 rings (SSSR count). The molecule has 0 fully saturated rings. The van der Waals surface area contributed by atoms with Gasteiger partial charge < -0.3 is 10.1 Å². The largest absolute Gasteiger partial charge is 0.488 e. The zero-order valence-electron chi connectivity index (χ0n) is 13.6. The van der Waals surface area contributed by atoms with E-state index in [-0.39, 0.29) is 5.91 Å². The van der Waals surface area contributed by atoms with Gasteiger partial charge in [-0.1, -0.05) is 29.8 Å². The van der Waals surface area contributed by atoms with E-state index in [1.807, 2.05) is 12.1 Å². The van der Waals surface area contributed by atoms with Gasteiger partial charge in [-0.15, -0.1) is 0 Å². The van der Waals surface area contributed by atoms with Gasteiger partial charge in [0.2, 0.25) is 0 Å². The molecular formula is C20H14ClN3O2. The van der Waals surface area contributed by atoms with Crippen LogP contribution in [0.25, 0.3) is 0 Å². The first-order chi connectivity index (χ1) is 12.7. The number of halogens is 1. The maximum absolute atomic E-state index is 12.1. The third-order valence-electron chi connectivity index (χ3n) is 3.56. The number of amides is 1. The number of nitrogens with zero attached hydrogens (tertiary/aromatic N) is 2. The highest BCUT2D eigenvalue weighted by atomic mass is 35.5. The first-order valence-corrected chi connectivity index (χ1v) is 8.17. The Morgan fingerprint density at radius 1 is 1.15 bits per heavy atom. The quantitative estimate of drug-likeness (QED) is 0.727. The molecule has 0 unspecified atom stereocenters. The summed E-state index contributed by atoms with van der Waals surface area (Å²) in [5, 5.41) is 12.7. The molecule has 1 N–H and O–H groups in total. The number of carbonyl (C=O) groups excluding carboxylic acids is 1. The number of anilines is 1. The van der Waals surface area contributed by atoms with Crippen molar-refractivity contribution in [3.05, 3.63) is 88.7 Å². The van der Waals surface area contributed by atoms with Gasteiger partial charge in [0.15, 0.2) is 0 Å². The van der Waals surface area contributed by atoms with Crippen molar-refractivity contribution in [2.24, 2.45) is 0 Å². The Hall–Kier alpha value is -3.36. The van der Waals surface area contributed by atoms with E-state index < -0.39 is 0 Å². The van der Waals surface area contributed by atoms with E-state index in [0.717, 1.165) is 5.56 Å². The van der Waals surface area contributed by atoms with Crippen molar-refractivity contribution in [1.82, 2.24) is 4.98 Å². The summed E-state index contributed by atoms with van der Waals surface area (Å²) in [7, 11) is 0. The normalized spacial score (nSPS) is 10.0. The molecule has 1 heterocycles. The van der Waals surface area contributed by atoms with E-state index in [2.05, 4.69) is 16.4 Å². The summed E-state index contributed by atoms with van der Waals surface area (Å²) in [6, 6.07) is 19.3. The van der Waals surface area contributed by atoms with Crippen LogP contribution in [0.2, 0.25) is 5.02 Å². The molecule has 0 aliphatic rings. The van der Waals surface area contributed by atoms with Crippen LogP contribution in [0.3, 0.4) is 0 Å². The van der Waals surface area contributed by atoms with Crippen molar-refractivity contribution < 1.29 is 9.53 Å². The molecule has 0 spiro atoms. The van der Waals surface area contributed by atoms with Crippen LogP contribution in [0.1, 0.15) is 21.6 Å². The number of carbonyl (C=O) groups is 1. The van der Waals surface area contributed by atoms with Crippen LogP contribution < -0.4 is 10.1 Å². The second-order valence-corrected chi connectivity index (χ2v) is 5.84. The molecule has 0 saturated heterocycles. The number of nitriles is 1. The van der Waals surface area contributed by atoms with E-state index in [0.29, 0.717) is 34.3 Å². The fourth-order valence-corrected chi connectivity index (χ4v) is 2.38. The molecule has 6 heteroatoms. The van der Waals surface area contributed by atoms with Crippen LogP contribution >= 0.6 is 11.6 Å². The lowest BCUT2D eigenvalue weighted by molar-refractivity contribution is 0.102. The van der Waals surface area contributed by atoms with Gasteiger partial charge in [-0.3, -0.25) is 9.78 Å². The van der Waals surface area contributed by atoms with Gasteiger partial charge in [0, 0.05) is 16.9 Å². The number of benzene rings is 2. The summed E-state index contributed by atoms with van der Waals surface area (Å²) in [6.45, 7) is 0.311. The summed E-state index contributed by atoms with van der Waals surface area (Å²) in [5.74, 6) is 0.0996. The minimum Gasteiger partial charge on any atom is -0.488 e. The zero-order valence-corrected chi connectivity index (χ0v) is 14.4. The van der Waals surface area contributed by atoms with Crippen molar-refractivity contribution in [3.63, 3.8) is 0 Å². The fourth-order valence-electron chi connectivity index (χ4n) is 2.25. The Morgan fingerprint density at radius 2 is 1.96 bits per heavy atom. The summed E-state index contributed by atoms with van der Waals surface area (Å²) >= 11 is 5.86. The average Bonchev–Trinajstić information content (AvgIpc) is 2.68. The Kier molecular flexibility index (Phi) is 5.47. The van der Waals surface area contributed by atoms with E-state index in [4.69, 9.17) is 16.3 Å². The lowest BCUT2D eigenvalue weighted by Crippen LogP contribution is -2.13. The van der Waals surface area contributed by atoms with E-state index in [1.54, 1.807) is 54.7 Å². The van der Waals surface area contributed by atoms with Gasteiger partial charge in [0.1, 0.15) is 24.1 Å². The molecule has 0 aliphatic heterocycles. The maximum Gasteiger partial charge on any atom is 0.274 e. The number of hydrogen-bond donors (Lipinski definition) is 1. The van der Waals surface area contributed by atoms with E-state index in [1.165, 1.54) is 0 Å². The van der Waals surface area contributed by atoms with Crippen molar-refractivity contribution in [2.45, 2.75) is 6.61 Å². The smallest absolute Gasteiger partial charge is 0.274 e. The van der Waals surface area contributed by atoms with Crippen LogP contribution in [0.15, 0.2) is 66.9 Å². The van der Waals surface area contributed by atoms with Gasteiger partial charge in [-0.05, 0) is 48.0 Å². The number of pyridine rings is 1. The zero-order chi connectivity index (χ0) is 18.4. The van der Waals surface area contributed by atoms with Gasteiger partial charge in [0.25, 0.3) is 5.91 Å². The number of aromatic nitrogens is 1. The van der Waals surface area contributed by atoms with Crippen molar-refractivity contribution in [2.75, 3.05) is 5.32 Å². The highest BCUT2D eigenvalue weighted by Gasteiger charge is 2.10. The van der Waals surface area contributed by atoms with Gasteiger partial charge in [0.05, 0.1) is 5.56 Å². The minimum absolute atomic E-state index is 0.300. The fraction of sp³-hybridized carbons (Fsp3) is 0.0500. The van der Waals surface area contributed by atoms with Crippen molar-refractivity contribution in [1.29, 1.82) is 5.26 Å². The lowest BCUT2D eigenvalue weighted by atomic mass is 10.2. The minimum atomic E-state index is -0.343. The monoisotopic (exact) mass is 363 g/mol. The Balaban J connectivity index is 1.70. The first-order valence-electron chi connectivity index (χ1n) is 7.79. The molecule has 128 valence electrons. The number of ether oxygens (including phenoxy) is 1. The van der Waals surface area contributed by atoms with Gasteiger partial charge >= 0.3 is 0 Å². The molecule has 0 radical (unpaired) electrons. The average molecular weight is 364 g/mol. The number of hydrogen-bond acceptors (Lipinski definition) is 4. The topological polar surface area (TPSA) is 75.0 Å². The molecule has 0 atom stereocenters. The predicted octanol–water partition coefficient (Wildman–Crippen LogP) is 4.44. The predicted molar refractivity (Wildman–Crippen MR) is 99.1 cm³/mol. The van der Waals surface area contributed by atoms with Crippen LogP contribution in [0.5, 0.6) is 5.75 Å². The number of nitrogens with one attached hydrogen (secondary N) is 1. The molecule has 5 nitrogen and oxygen atoms in total. The summed E-state index contributed by atoms with van der Waals surface area (Å²) in [5.41, 5.74) is 2.06. The maximum atomic E-state index is 12.1. The molecule has 0 bridgehead atoms. The summed E-state index contributed by atoms with van der Waals surface area (Å²) in [6.07, 6.45) is 1.54. The van der Waals surface area contributed by atoms with Crippen molar-refractivity contribution in [3.8, 4) is 11.8 Å². The van der Waals surface area contributed by atoms with Crippen LogP contribution in [0.4, 0.5) is 5.69 Å². The molecule has 0 saturated carbocycles. The Bertz CT molecular complexity index is 951. The second-order valence-electron chi connectivity index (χ2n) is 5.41. The summed E-state index contributed by atoms with van der Waals surface area (Å²) < 4.78 is 5.71. The molecule has 1 aromatic heterocycles. The lowest BCUT2D eigenvalue weighted by Gasteiger charge is -2.10. The summed E-state index contributed by atoms with van der Waals surface area (Å²) in [4.78, 5) is 16.1. The Morgan fingerprint density at radius 3 is 2.65 bits per heavy atom. The molecule has 1 amide bonds. The molecular weight excluding hydrogens is 350 g/mol. The molecule has 0 aliphatic carbocycles. The molecule has 26 heavy (non-hydrogen) atoms. The van der Waals surface area contributed by atoms with Crippen molar-refractivity contribution >= 4 is 23.2 Å². The van der Waals surface area contributed by atoms with E-state index in [9.17, 15) is 10.1 Å². The van der Waals surface area contributed by atoms with Gasteiger partial charge in [-0.25, -0.2) is 0 Å². The molecule has 3 aromatic rings. The van der Waals surface area contributed by atoms with E-state index >= 15 is 0 Å². The van der Waals surface area contributed by atoms with Crippen LogP contribution in [0, 0.1) is 11.3 Å². The third kappa shape index (κ3) is 4.38. The SMILES string of the molecule is N#Cc1cc(NC(=O)c2ccccn2)ccc1OCc1ccc(Cl)cc1. The first kappa shape index (κ1) is 17.5. The van der Waals surface area contributed by atoms with Gasteiger partial charge in [-0.2, -0.15) is 5.26 Å². The highest BCUT2D eigenvalue weighted by Crippen LogP contribution is 2.23. The van der Waals surface area contributed by atoms with Crippen LogP contribution in [-0.4, -0.2) is 10.9 Å². The highest BCUT2D eigenvalue weighted by molar-refractivity contribution is 6.30. The Labute approximate surface area is 155 Å². The van der Waals surface area contributed by atoms with Crippen LogP contribution in [-0.2, 0) is 6.61 Å². The molecule has 2 aromatic carbocycles. The number of rotatable bonds is 5. The second kappa shape index (κ2) is 8.15.